The number of unbranched alkanes of at least 4 members (excludes halogenated alkanes) is 1. The standard InChI is InChI=1S/C7H18Si.C2H2O4/c1-4-5-6-7(2,3)8;3-1(4)2(5)6/h4-6H2,1-3,8H3;(H,3,4)(H,5,6). The summed E-state index contributed by atoms with van der Waals surface area (Å²) in [5.74, 6) is -3.65. The second kappa shape index (κ2) is 7.55. The van der Waals surface area contributed by atoms with Crippen molar-refractivity contribution >= 4 is 22.2 Å². The lowest BCUT2D eigenvalue weighted by atomic mass is 10.1. The zero-order valence-electron chi connectivity index (χ0n) is 9.33. The van der Waals surface area contributed by atoms with E-state index in [2.05, 4.69) is 20.8 Å². The van der Waals surface area contributed by atoms with Crippen molar-refractivity contribution in [2.24, 2.45) is 0 Å². The van der Waals surface area contributed by atoms with Crippen LogP contribution in [0.5, 0.6) is 0 Å². The topological polar surface area (TPSA) is 74.6 Å². The maximum Gasteiger partial charge on any atom is 0.414 e. The van der Waals surface area contributed by atoms with E-state index in [1.165, 1.54) is 29.5 Å². The Balaban J connectivity index is 0. The summed E-state index contributed by atoms with van der Waals surface area (Å²) in [6.45, 7) is 6.97. The molecule has 0 bridgehead atoms. The van der Waals surface area contributed by atoms with Crippen LogP contribution in [0.3, 0.4) is 0 Å². The molecule has 0 amide bonds. The first kappa shape index (κ1) is 15.6. The number of hydrogen-bond acceptors (Lipinski definition) is 2. The third-order valence-corrected chi connectivity index (χ3v) is 1.96. The van der Waals surface area contributed by atoms with Gasteiger partial charge in [0.05, 0.1) is 0 Å². The van der Waals surface area contributed by atoms with Gasteiger partial charge in [-0.15, -0.1) is 0 Å². The van der Waals surface area contributed by atoms with Gasteiger partial charge >= 0.3 is 11.9 Å². The molecule has 0 aliphatic rings. The molecule has 0 saturated carbocycles. The molecular weight excluding hydrogens is 200 g/mol. The van der Waals surface area contributed by atoms with Gasteiger partial charge in [0.1, 0.15) is 0 Å². The summed E-state index contributed by atoms with van der Waals surface area (Å²) < 4.78 is 0. The lowest BCUT2D eigenvalue weighted by Crippen LogP contribution is -2.09. The lowest BCUT2D eigenvalue weighted by Gasteiger charge is -2.16. The molecule has 0 aliphatic carbocycles. The van der Waals surface area contributed by atoms with Gasteiger partial charge in [0.15, 0.2) is 0 Å². The van der Waals surface area contributed by atoms with E-state index >= 15 is 0 Å². The smallest absolute Gasteiger partial charge is 0.414 e. The molecule has 0 spiro atoms. The quantitative estimate of drug-likeness (QED) is 0.547. The largest absolute Gasteiger partial charge is 0.473 e. The first-order chi connectivity index (χ1) is 6.20. The number of carboxylic acid groups (broad SMARTS) is 2. The maximum atomic E-state index is 9.10. The summed E-state index contributed by atoms with van der Waals surface area (Å²) in [4.78, 5) is 18.2. The van der Waals surface area contributed by atoms with Crippen molar-refractivity contribution < 1.29 is 19.8 Å². The lowest BCUT2D eigenvalue weighted by molar-refractivity contribution is -0.159. The van der Waals surface area contributed by atoms with Crippen LogP contribution in [0.25, 0.3) is 0 Å². The molecule has 2 N–H and O–H groups in total. The van der Waals surface area contributed by atoms with Gasteiger partial charge in [0.2, 0.25) is 0 Å². The molecule has 0 fully saturated rings. The summed E-state index contributed by atoms with van der Waals surface area (Å²) in [7, 11) is 1.34. The van der Waals surface area contributed by atoms with Crippen LogP contribution in [-0.2, 0) is 9.59 Å². The molecule has 5 heteroatoms. The van der Waals surface area contributed by atoms with E-state index in [0.717, 1.165) is 0 Å². The van der Waals surface area contributed by atoms with E-state index in [0.29, 0.717) is 5.04 Å². The van der Waals surface area contributed by atoms with Crippen LogP contribution < -0.4 is 0 Å². The van der Waals surface area contributed by atoms with Crippen molar-refractivity contribution in [3.8, 4) is 0 Å². The van der Waals surface area contributed by atoms with Crippen molar-refractivity contribution in [2.75, 3.05) is 0 Å². The molecular formula is C9H20O4Si. The second-order valence-corrected chi connectivity index (χ2v) is 6.98. The Morgan fingerprint density at radius 1 is 1.21 bits per heavy atom. The van der Waals surface area contributed by atoms with Crippen LogP contribution in [0.2, 0.25) is 5.04 Å². The minimum atomic E-state index is -1.82. The summed E-state index contributed by atoms with van der Waals surface area (Å²) in [6, 6.07) is 0. The highest BCUT2D eigenvalue weighted by Crippen LogP contribution is 2.25. The van der Waals surface area contributed by atoms with E-state index in [-0.39, 0.29) is 0 Å². The molecule has 0 radical (unpaired) electrons. The highest BCUT2D eigenvalue weighted by molar-refractivity contribution is 6.27. The Bertz CT molecular complexity index is 172. The summed E-state index contributed by atoms with van der Waals surface area (Å²) in [5.41, 5.74) is 0. The molecule has 0 aromatic rings. The van der Waals surface area contributed by atoms with E-state index in [1.807, 2.05) is 0 Å². The fraction of sp³-hybridized carbons (Fsp3) is 0.778. The molecule has 0 heterocycles. The molecule has 0 aromatic carbocycles. The predicted molar refractivity (Wildman–Crippen MR) is 58.8 cm³/mol. The highest BCUT2D eigenvalue weighted by Gasteiger charge is 2.07. The van der Waals surface area contributed by atoms with Crippen LogP contribution in [0, 0.1) is 0 Å². The van der Waals surface area contributed by atoms with Crippen LogP contribution in [0.15, 0.2) is 0 Å². The Morgan fingerprint density at radius 2 is 1.57 bits per heavy atom. The van der Waals surface area contributed by atoms with Crippen LogP contribution in [0.4, 0.5) is 0 Å². The van der Waals surface area contributed by atoms with Crippen molar-refractivity contribution in [3.63, 3.8) is 0 Å². The van der Waals surface area contributed by atoms with E-state index < -0.39 is 11.9 Å². The van der Waals surface area contributed by atoms with E-state index in [4.69, 9.17) is 19.8 Å². The highest BCUT2D eigenvalue weighted by atomic mass is 28.1. The third-order valence-electron chi connectivity index (χ3n) is 1.46. The zero-order chi connectivity index (χ0) is 11.8. The van der Waals surface area contributed by atoms with Gasteiger partial charge in [-0.1, -0.05) is 40.0 Å². The summed E-state index contributed by atoms with van der Waals surface area (Å²) >= 11 is 0. The zero-order valence-corrected chi connectivity index (χ0v) is 11.3. The Morgan fingerprint density at radius 3 is 1.64 bits per heavy atom. The normalized spacial score (nSPS) is 10.2. The van der Waals surface area contributed by atoms with Crippen molar-refractivity contribution in [2.45, 2.75) is 45.1 Å². The van der Waals surface area contributed by atoms with Gasteiger partial charge in [-0.05, 0) is 5.04 Å². The second-order valence-electron chi connectivity index (χ2n) is 4.27. The van der Waals surface area contributed by atoms with Gasteiger partial charge in [0, 0.05) is 10.2 Å². The molecule has 0 saturated heterocycles. The Hall–Kier alpha value is -0.843. The summed E-state index contributed by atoms with van der Waals surface area (Å²) in [5, 5.41) is 15.5. The van der Waals surface area contributed by atoms with E-state index in [1.54, 1.807) is 0 Å². The fourth-order valence-electron chi connectivity index (χ4n) is 0.707. The molecule has 84 valence electrons. The van der Waals surface area contributed by atoms with Gasteiger partial charge in [-0.2, -0.15) is 0 Å². The average molecular weight is 220 g/mol. The fourth-order valence-corrected chi connectivity index (χ4v) is 1.06. The summed E-state index contributed by atoms with van der Waals surface area (Å²) in [6.07, 6.45) is 4.19. The van der Waals surface area contributed by atoms with Gasteiger partial charge in [-0.3, -0.25) is 0 Å². The number of carboxylic acids is 2. The van der Waals surface area contributed by atoms with Gasteiger partial charge in [0.25, 0.3) is 0 Å². The van der Waals surface area contributed by atoms with E-state index in [9.17, 15) is 0 Å². The third kappa shape index (κ3) is 17.3. The van der Waals surface area contributed by atoms with Crippen molar-refractivity contribution in [1.29, 1.82) is 0 Å². The number of carbonyl (C=O) groups is 2. The predicted octanol–water partition coefficient (Wildman–Crippen LogP) is 0.896. The average Bonchev–Trinajstić information content (AvgIpc) is 2.00. The van der Waals surface area contributed by atoms with Gasteiger partial charge in [-0.25, -0.2) is 9.59 Å². The molecule has 0 unspecified atom stereocenters. The first-order valence-electron chi connectivity index (χ1n) is 4.67. The minimum Gasteiger partial charge on any atom is -0.473 e. The maximum absolute atomic E-state index is 9.10. The number of hydrogen-bond donors (Lipinski definition) is 2. The monoisotopic (exact) mass is 220 g/mol. The van der Waals surface area contributed by atoms with Crippen LogP contribution in [-0.4, -0.2) is 32.4 Å². The van der Waals surface area contributed by atoms with Gasteiger partial charge < -0.3 is 10.2 Å². The number of aliphatic carboxylic acids is 2. The van der Waals surface area contributed by atoms with Crippen molar-refractivity contribution in [1.82, 2.24) is 0 Å². The Labute approximate surface area is 87.7 Å². The van der Waals surface area contributed by atoms with Crippen LogP contribution >= 0.6 is 0 Å². The molecule has 0 atom stereocenters. The molecule has 4 nitrogen and oxygen atoms in total. The molecule has 14 heavy (non-hydrogen) atoms. The van der Waals surface area contributed by atoms with Crippen molar-refractivity contribution in [3.05, 3.63) is 0 Å². The molecule has 0 rings (SSSR count). The minimum absolute atomic E-state index is 0.690. The molecule has 0 aromatic heterocycles. The van der Waals surface area contributed by atoms with Crippen LogP contribution in [0.1, 0.15) is 40.0 Å². The number of rotatable bonds is 3. The molecule has 0 aliphatic heterocycles. The SMILES string of the molecule is CCCCC(C)(C)[SiH3].O=C(O)C(=O)O. The Kier molecular flexibility index (Phi) is 8.42. The first-order valence-corrected chi connectivity index (χ1v) is 5.67.